The van der Waals surface area contributed by atoms with Crippen LogP contribution in [0.1, 0.15) is 27.2 Å². The van der Waals surface area contributed by atoms with Gasteiger partial charge in [0.05, 0.1) is 0 Å². The summed E-state index contributed by atoms with van der Waals surface area (Å²) in [5.41, 5.74) is 0.343. The Kier molecular flexibility index (Phi) is 4.08. The molecule has 1 nitrogen and oxygen atoms in total. The highest BCUT2D eigenvalue weighted by Gasteiger charge is 2.02. The molecule has 0 saturated carbocycles. The first-order valence-electron chi connectivity index (χ1n) is 2.99. The third-order valence-electron chi connectivity index (χ3n) is 0.992. The normalized spacial score (nSPS) is 15.0. The zero-order chi connectivity index (χ0) is 6.57. The van der Waals surface area contributed by atoms with Crippen LogP contribution in [0.3, 0.4) is 0 Å². The Labute approximate surface area is 52.7 Å². The fourth-order valence-electron chi connectivity index (χ4n) is 0.725. The first-order valence-corrected chi connectivity index (χ1v) is 3.87. The average molecular weight is 132 g/mol. The Morgan fingerprint density at radius 3 is 2.00 bits per heavy atom. The van der Waals surface area contributed by atoms with Gasteiger partial charge in [-0.3, -0.25) is 4.57 Å². The molecule has 0 aromatic heterocycles. The summed E-state index contributed by atoms with van der Waals surface area (Å²) in [6.45, 7) is 6.28. The molecule has 0 aromatic carbocycles. The summed E-state index contributed by atoms with van der Waals surface area (Å²) in [7, 11) is 0.289. The van der Waals surface area contributed by atoms with Crippen molar-refractivity contribution in [3.8, 4) is 0 Å². The molecular weight excluding hydrogens is 119 g/mol. The average Bonchev–Trinajstić information content (AvgIpc) is 1.65. The molecule has 0 heterocycles. The van der Waals surface area contributed by atoms with Gasteiger partial charge >= 0.3 is 0 Å². The minimum atomic E-state index is 0.289. The summed E-state index contributed by atoms with van der Waals surface area (Å²) in [5, 5.41) is 0. The fraction of sp³-hybridized carbons (Fsp3) is 1.00. The maximum Gasteiger partial charge on any atom is 0.158 e. The van der Waals surface area contributed by atoms with Crippen LogP contribution in [-0.4, -0.2) is 5.66 Å². The molecular formula is C6H13OP. The lowest BCUT2D eigenvalue weighted by atomic mass is 10.1. The molecule has 0 fully saturated rings. The molecule has 2 heteroatoms. The highest BCUT2D eigenvalue weighted by atomic mass is 31.1. The van der Waals surface area contributed by atoms with Crippen molar-refractivity contribution in [2.24, 2.45) is 5.92 Å². The van der Waals surface area contributed by atoms with Gasteiger partial charge in [0.25, 0.3) is 0 Å². The van der Waals surface area contributed by atoms with E-state index < -0.39 is 0 Å². The van der Waals surface area contributed by atoms with E-state index in [9.17, 15) is 4.57 Å². The van der Waals surface area contributed by atoms with Crippen molar-refractivity contribution in [2.75, 3.05) is 0 Å². The molecule has 1 atom stereocenters. The van der Waals surface area contributed by atoms with E-state index in [4.69, 9.17) is 0 Å². The van der Waals surface area contributed by atoms with Crippen LogP contribution in [0.4, 0.5) is 0 Å². The van der Waals surface area contributed by atoms with Gasteiger partial charge in [-0.2, -0.15) is 0 Å². The van der Waals surface area contributed by atoms with Crippen LogP contribution in [0, 0.1) is 5.92 Å². The van der Waals surface area contributed by atoms with Gasteiger partial charge in [0.15, 0.2) is 8.46 Å². The second-order valence-electron chi connectivity index (χ2n) is 2.58. The van der Waals surface area contributed by atoms with E-state index in [2.05, 4.69) is 13.8 Å². The van der Waals surface area contributed by atoms with Crippen LogP contribution in [0.2, 0.25) is 0 Å². The summed E-state index contributed by atoms with van der Waals surface area (Å²) >= 11 is 0. The number of hydrogen-bond acceptors (Lipinski definition) is 1. The van der Waals surface area contributed by atoms with Crippen molar-refractivity contribution in [1.29, 1.82) is 0 Å². The van der Waals surface area contributed by atoms with Crippen LogP contribution in [0.5, 0.6) is 0 Å². The molecule has 0 N–H and O–H groups in total. The van der Waals surface area contributed by atoms with Crippen LogP contribution in [0.15, 0.2) is 0 Å². The van der Waals surface area contributed by atoms with E-state index in [0.29, 0.717) is 11.6 Å². The molecule has 48 valence electrons. The summed E-state index contributed by atoms with van der Waals surface area (Å²) in [4.78, 5) is 0. The molecule has 0 radical (unpaired) electrons. The fourth-order valence-corrected chi connectivity index (χ4v) is 1.23. The predicted molar refractivity (Wildman–Crippen MR) is 36.5 cm³/mol. The lowest BCUT2D eigenvalue weighted by molar-refractivity contribution is 0.554. The Bertz CT molecular complexity index is 70.9. The number of hydrogen-bond donors (Lipinski definition) is 0. The minimum Gasteiger partial charge on any atom is -0.275 e. The smallest absolute Gasteiger partial charge is 0.158 e. The van der Waals surface area contributed by atoms with Crippen molar-refractivity contribution in [1.82, 2.24) is 0 Å². The molecule has 0 amide bonds. The van der Waals surface area contributed by atoms with Crippen LogP contribution < -0.4 is 0 Å². The molecule has 0 spiro atoms. The van der Waals surface area contributed by atoms with E-state index >= 15 is 0 Å². The first-order chi connectivity index (χ1) is 3.66. The molecule has 0 bridgehead atoms. The van der Waals surface area contributed by atoms with Crippen LogP contribution in [0.25, 0.3) is 0 Å². The van der Waals surface area contributed by atoms with E-state index in [1.54, 1.807) is 0 Å². The van der Waals surface area contributed by atoms with Crippen molar-refractivity contribution < 1.29 is 4.57 Å². The molecule has 0 saturated heterocycles. The molecule has 1 unspecified atom stereocenters. The summed E-state index contributed by atoms with van der Waals surface area (Å²) in [6, 6.07) is 0. The third-order valence-corrected chi connectivity index (χ3v) is 1.56. The maximum atomic E-state index is 10.1. The Morgan fingerprint density at radius 2 is 1.88 bits per heavy atom. The second-order valence-corrected chi connectivity index (χ2v) is 3.68. The quantitative estimate of drug-likeness (QED) is 0.539. The Balaban J connectivity index is 3.23. The van der Waals surface area contributed by atoms with Crippen molar-refractivity contribution >= 4 is 8.46 Å². The van der Waals surface area contributed by atoms with E-state index in [1.807, 2.05) is 6.92 Å². The summed E-state index contributed by atoms with van der Waals surface area (Å²) in [6.07, 6.45) is 1.06. The lowest BCUT2D eigenvalue weighted by Crippen LogP contribution is -1.96. The van der Waals surface area contributed by atoms with Gasteiger partial charge in [0, 0.05) is 5.66 Å². The van der Waals surface area contributed by atoms with Crippen LogP contribution >= 0.6 is 8.46 Å². The Hall–Kier alpha value is 0.100. The largest absolute Gasteiger partial charge is 0.275 e. The van der Waals surface area contributed by atoms with Gasteiger partial charge in [0.1, 0.15) is 0 Å². The predicted octanol–water partition coefficient (Wildman–Crippen LogP) is 2.71. The van der Waals surface area contributed by atoms with Gasteiger partial charge < -0.3 is 0 Å². The van der Waals surface area contributed by atoms with Gasteiger partial charge in [0.2, 0.25) is 0 Å². The van der Waals surface area contributed by atoms with E-state index in [1.165, 1.54) is 0 Å². The highest BCUT2D eigenvalue weighted by Crippen LogP contribution is 2.14. The molecule has 0 aliphatic rings. The van der Waals surface area contributed by atoms with Crippen LogP contribution in [-0.2, 0) is 4.57 Å². The molecule has 0 aliphatic carbocycles. The van der Waals surface area contributed by atoms with E-state index in [0.717, 1.165) is 6.42 Å². The van der Waals surface area contributed by atoms with Gasteiger partial charge in [-0.1, -0.05) is 20.8 Å². The zero-order valence-electron chi connectivity index (χ0n) is 5.72. The molecule has 0 aromatic rings. The monoisotopic (exact) mass is 132 g/mol. The SMILES string of the molecule is CC(C)CC(C)P=O. The summed E-state index contributed by atoms with van der Waals surface area (Å²) < 4.78 is 10.1. The third kappa shape index (κ3) is 4.26. The van der Waals surface area contributed by atoms with E-state index in [-0.39, 0.29) is 8.46 Å². The van der Waals surface area contributed by atoms with Crippen molar-refractivity contribution in [3.63, 3.8) is 0 Å². The minimum absolute atomic E-state index is 0.289. The number of rotatable bonds is 3. The van der Waals surface area contributed by atoms with Gasteiger partial charge in [-0.25, -0.2) is 0 Å². The highest BCUT2D eigenvalue weighted by molar-refractivity contribution is 7.24. The van der Waals surface area contributed by atoms with Crippen molar-refractivity contribution in [2.45, 2.75) is 32.9 Å². The molecule has 0 aliphatic heterocycles. The van der Waals surface area contributed by atoms with Gasteiger partial charge in [-0.05, 0) is 12.3 Å². The first kappa shape index (κ1) is 8.10. The standard InChI is InChI=1S/C6H13OP/c1-5(2)4-6(3)8-7/h5-6H,4H2,1-3H3. The zero-order valence-corrected chi connectivity index (χ0v) is 6.61. The lowest BCUT2D eigenvalue weighted by Gasteiger charge is -2.03. The van der Waals surface area contributed by atoms with Crippen molar-refractivity contribution in [3.05, 3.63) is 0 Å². The molecule has 8 heavy (non-hydrogen) atoms. The second kappa shape index (κ2) is 4.03. The van der Waals surface area contributed by atoms with Gasteiger partial charge in [-0.15, -0.1) is 0 Å². The topological polar surface area (TPSA) is 17.1 Å². The molecule has 0 rings (SSSR count). The maximum absolute atomic E-state index is 10.1. The summed E-state index contributed by atoms with van der Waals surface area (Å²) in [5.74, 6) is 0.673. The Morgan fingerprint density at radius 1 is 1.38 bits per heavy atom.